The SMILES string of the molecule is CCOP(=O)(C[C@H](NC(=O)OCc1ccccc1)C(=O)O)OCC. The second kappa shape index (κ2) is 10.1. The van der Waals surface area contributed by atoms with E-state index in [-0.39, 0.29) is 19.8 Å². The van der Waals surface area contributed by atoms with Gasteiger partial charge in [-0.15, -0.1) is 0 Å². The van der Waals surface area contributed by atoms with Crippen molar-refractivity contribution in [3.63, 3.8) is 0 Å². The molecular formula is C15H22NO7P. The lowest BCUT2D eigenvalue weighted by molar-refractivity contribution is -0.138. The van der Waals surface area contributed by atoms with E-state index in [1.165, 1.54) is 0 Å². The Balaban J connectivity index is 2.62. The van der Waals surface area contributed by atoms with Crippen molar-refractivity contribution in [1.82, 2.24) is 5.32 Å². The molecular weight excluding hydrogens is 337 g/mol. The second-order valence-corrected chi connectivity index (χ2v) is 6.83. The molecule has 0 bridgehead atoms. The molecule has 24 heavy (non-hydrogen) atoms. The van der Waals surface area contributed by atoms with Crippen LogP contribution in [0, 0.1) is 0 Å². The topological polar surface area (TPSA) is 111 Å². The number of carbonyl (C=O) groups is 2. The summed E-state index contributed by atoms with van der Waals surface area (Å²) in [5, 5.41) is 11.4. The van der Waals surface area contributed by atoms with Crippen molar-refractivity contribution in [2.45, 2.75) is 26.5 Å². The molecule has 1 aromatic rings. The molecule has 0 unspecified atom stereocenters. The molecule has 0 aliphatic heterocycles. The van der Waals surface area contributed by atoms with Gasteiger partial charge in [0, 0.05) is 0 Å². The maximum atomic E-state index is 12.4. The summed E-state index contributed by atoms with van der Waals surface area (Å²) >= 11 is 0. The first-order valence-corrected chi connectivity index (χ1v) is 9.21. The standard InChI is InChI=1S/C15H22NO7P/c1-3-22-24(20,23-4-2)11-13(14(17)18)16-15(19)21-10-12-8-6-5-7-9-12/h5-9,13H,3-4,10-11H2,1-2H3,(H,16,19)(H,17,18)/t13-/m0/s1. The van der Waals surface area contributed by atoms with E-state index < -0.39 is 31.9 Å². The summed E-state index contributed by atoms with van der Waals surface area (Å²) in [6, 6.07) is 7.48. The Morgan fingerprint density at radius 2 is 1.75 bits per heavy atom. The number of amides is 1. The molecule has 0 spiro atoms. The third-order valence-electron chi connectivity index (χ3n) is 2.86. The van der Waals surface area contributed by atoms with Gasteiger partial charge in [0.15, 0.2) is 0 Å². The number of carbonyl (C=O) groups excluding carboxylic acids is 1. The van der Waals surface area contributed by atoms with Gasteiger partial charge in [-0.25, -0.2) is 9.59 Å². The number of hydrogen-bond donors (Lipinski definition) is 2. The van der Waals surface area contributed by atoms with E-state index in [9.17, 15) is 19.3 Å². The van der Waals surface area contributed by atoms with Crippen molar-refractivity contribution in [3.8, 4) is 0 Å². The van der Waals surface area contributed by atoms with Gasteiger partial charge in [0.25, 0.3) is 0 Å². The number of nitrogens with one attached hydrogen (secondary N) is 1. The van der Waals surface area contributed by atoms with E-state index >= 15 is 0 Å². The molecule has 0 aliphatic rings. The van der Waals surface area contributed by atoms with E-state index in [1.54, 1.807) is 38.1 Å². The number of carboxylic acids is 1. The fourth-order valence-electron chi connectivity index (χ4n) is 1.85. The minimum atomic E-state index is -3.61. The molecule has 8 nitrogen and oxygen atoms in total. The lowest BCUT2D eigenvalue weighted by Crippen LogP contribution is -2.43. The third-order valence-corrected chi connectivity index (χ3v) is 4.98. The molecule has 1 amide bonds. The van der Waals surface area contributed by atoms with Crippen molar-refractivity contribution in [2.75, 3.05) is 19.4 Å². The number of carboxylic acid groups (broad SMARTS) is 1. The second-order valence-electron chi connectivity index (χ2n) is 4.73. The summed E-state index contributed by atoms with van der Waals surface area (Å²) in [7, 11) is -3.61. The predicted octanol–water partition coefficient (Wildman–Crippen LogP) is 2.63. The number of benzene rings is 1. The molecule has 0 fully saturated rings. The number of ether oxygens (including phenoxy) is 1. The van der Waals surface area contributed by atoms with Crippen LogP contribution in [0.1, 0.15) is 19.4 Å². The summed E-state index contributed by atoms with van der Waals surface area (Å²) in [5.74, 6) is -1.36. The third kappa shape index (κ3) is 7.12. The molecule has 0 aromatic heterocycles. The van der Waals surface area contributed by atoms with Gasteiger partial charge in [0.1, 0.15) is 12.6 Å². The van der Waals surface area contributed by atoms with E-state index in [1.807, 2.05) is 6.07 Å². The van der Waals surface area contributed by atoms with Crippen LogP contribution < -0.4 is 5.32 Å². The molecule has 9 heteroatoms. The van der Waals surface area contributed by atoms with E-state index in [4.69, 9.17) is 13.8 Å². The van der Waals surface area contributed by atoms with Crippen LogP contribution in [-0.2, 0) is 29.8 Å². The van der Waals surface area contributed by atoms with Gasteiger partial charge in [-0.05, 0) is 19.4 Å². The highest BCUT2D eigenvalue weighted by molar-refractivity contribution is 7.54. The van der Waals surface area contributed by atoms with Crippen LogP contribution >= 0.6 is 7.60 Å². The van der Waals surface area contributed by atoms with E-state index in [0.29, 0.717) is 0 Å². The van der Waals surface area contributed by atoms with E-state index in [2.05, 4.69) is 5.32 Å². The van der Waals surface area contributed by atoms with Gasteiger partial charge in [-0.2, -0.15) is 0 Å². The summed E-state index contributed by atoms with van der Waals surface area (Å²) in [6.45, 7) is 3.42. The average Bonchev–Trinajstić information content (AvgIpc) is 2.53. The molecule has 0 saturated heterocycles. The normalized spacial score (nSPS) is 12.4. The van der Waals surface area contributed by atoms with Crippen LogP contribution in [0.25, 0.3) is 0 Å². The highest BCUT2D eigenvalue weighted by Gasteiger charge is 2.33. The molecule has 1 aromatic carbocycles. The summed E-state index contributed by atoms with van der Waals surface area (Å²) < 4.78 is 27.4. The smallest absolute Gasteiger partial charge is 0.408 e. The summed E-state index contributed by atoms with van der Waals surface area (Å²) in [5.41, 5.74) is 0.758. The number of hydrogen-bond acceptors (Lipinski definition) is 6. The fourth-order valence-corrected chi connectivity index (χ4v) is 3.62. The maximum Gasteiger partial charge on any atom is 0.408 e. The molecule has 1 rings (SSSR count). The van der Waals surface area contributed by atoms with Crippen LogP contribution in [-0.4, -0.2) is 42.6 Å². The van der Waals surface area contributed by atoms with Gasteiger partial charge in [-0.1, -0.05) is 30.3 Å². The minimum Gasteiger partial charge on any atom is -0.480 e. The van der Waals surface area contributed by atoms with Crippen molar-refractivity contribution >= 4 is 19.7 Å². The quantitative estimate of drug-likeness (QED) is 0.618. The Bertz CT molecular complexity index is 568. The van der Waals surface area contributed by atoms with Crippen LogP contribution in [0.3, 0.4) is 0 Å². The Hall–Kier alpha value is -1.89. The number of rotatable bonds is 10. The first-order valence-electron chi connectivity index (χ1n) is 7.48. The zero-order valence-corrected chi connectivity index (χ0v) is 14.5. The molecule has 1 atom stereocenters. The van der Waals surface area contributed by atoms with Gasteiger partial charge < -0.3 is 24.2 Å². The largest absolute Gasteiger partial charge is 0.480 e. The van der Waals surface area contributed by atoms with Crippen molar-refractivity contribution in [2.24, 2.45) is 0 Å². The Kier molecular flexibility index (Phi) is 8.46. The number of alkyl carbamates (subject to hydrolysis) is 1. The van der Waals surface area contributed by atoms with Gasteiger partial charge in [0.2, 0.25) is 0 Å². The van der Waals surface area contributed by atoms with Crippen LogP contribution in [0.15, 0.2) is 30.3 Å². The molecule has 0 radical (unpaired) electrons. The lowest BCUT2D eigenvalue weighted by Gasteiger charge is -2.21. The molecule has 0 aliphatic carbocycles. The zero-order chi connectivity index (χ0) is 18.0. The first-order chi connectivity index (χ1) is 11.4. The lowest BCUT2D eigenvalue weighted by atomic mass is 10.2. The average molecular weight is 359 g/mol. The van der Waals surface area contributed by atoms with Crippen LogP contribution in [0.5, 0.6) is 0 Å². The monoisotopic (exact) mass is 359 g/mol. The van der Waals surface area contributed by atoms with Gasteiger partial charge in [-0.3, -0.25) is 4.57 Å². The molecule has 0 saturated carbocycles. The maximum absolute atomic E-state index is 12.4. The van der Waals surface area contributed by atoms with Crippen molar-refractivity contribution in [3.05, 3.63) is 35.9 Å². The Labute approximate surface area is 140 Å². The molecule has 0 heterocycles. The molecule has 134 valence electrons. The fraction of sp³-hybridized carbons (Fsp3) is 0.467. The molecule has 2 N–H and O–H groups in total. The van der Waals surface area contributed by atoms with Crippen molar-refractivity contribution < 1.29 is 33.0 Å². The Morgan fingerprint density at radius 3 is 2.25 bits per heavy atom. The van der Waals surface area contributed by atoms with Crippen LogP contribution in [0.2, 0.25) is 0 Å². The van der Waals surface area contributed by atoms with E-state index in [0.717, 1.165) is 5.56 Å². The first kappa shape index (κ1) is 20.2. The predicted molar refractivity (Wildman–Crippen MR) is 86.9 cm³/mol. The highest BCUT2D eigenvalue weighted by Crippen LogP contribution is 2.48. The Morgan fingerprint density at radius 1 is 1.17 bits per heavy atom. The highest BCUT2D eigenvalue weighted by atomic mass is 31.2. The van der Waals surface area contributed by atoms with Gasteiger partial charge in [0.05, 0.1) is 19.4 Å². The van der Waals surface area contributed by atoms with Crippen molar-refractivity contribution in [1.29, 1.82) is 0 Å². The van der Waals surface area contributed by atoms with Gasteiger partial charge >= 0.3 is 19.7 Å². The minimum absolute atomic E-state index is 0.00636. The summed E-state index contributed by atoms with van der Waals surface area (Å²) in [4.78, 5) is 23.1. The summed E-state index contributed by atoms with van der Waals surface area (Å²) in [6.07, 6.45) is -1.41. The van der Waals surface area contributed by atoms with Crippen LogP contribution in [0.4, 0.5) is 4.79 Å². The zero-order valence-electron chi connectivity index (χ0n) is 13.6. The number of aliphatic carboxylic acids is 1.